The Balaban J connectivity index is 1.60. The number of alkyl halides is 6. The van der Waals surface area contributed by atoms with E-state index in [9.17, 15) is 31.1 Å². The van der Waals surface area contributed by atoms with E-state index in [1.165, 1.54) is 12.3 Å². The molecule has 0 radical (unpaired) electrons. The summed E-state index contributed by atoms with van der Waals surface area (Å²) in [6.07, 6.45) is -6.02. The molecule has 4 nitrogen and oxygen atoms in total. The summed E-state index contributed by atoms with van der Waals surface area (Å²) >= 11 is 0. The van der Waals surface area contributed by atoms with Gasteiger partial charge < -0.3 is 10.1 Å². The number of amides is 1. The third-order valence-corrected chi connectivity index (χ3v) is 5.34. The Morgan fingerprint density at radius 2 is 1.79 bits per heavy atom. The zero-order valence-corrected chi connectivity index (χ0v) is 14.9. The monoisotopic (exact) mass is 410 g/mol. The highest BCUT2D eigenvalue weighted by Crippen LogP contribution is 2.47. The second kappa shape index (κ2) is 7.44. The van der Waals surface area contributed by atoms with Gasteiger partial charge in [0.2, 0.25) is 11.8 Å². The maximum atomic E-state index is 12.8. The van der Waals surface area contributed by atoms with Crippen LogP contribution in [0.1, 0.15) is 44.1 Å². The topological polar surface area (TPSA) is 51.2 Å². The van der Waals surface area contributed by atoms with Crippen molar-refractivity contribution in [2.24, 2.45) is 11.8 Å². The van der Waals surface area contributed by atoms with Gasteiger partial charge in [0.25, 0.3) is 0 Å². The molecular weight excluding hydrogens is 390 g/mol. The fourth-order valence-corrected chi connectivity index (χ4v) is 3.57. The number of rotatable bonds is 5. The first kappa shape index (κ1) is 20.7. The van der Waals surface area contributed by atoms with E-state index in [4.69, 9.17) is 0 Å². The van der Waals surface area contributed by atoms with Crippen LogP contribution in [0.15, 0.2) is 18.3 Å². The van der Waals surface area contributed by atoms with E-state index >= 15 is 0 Å². The Bertz CT molecular complexity index is 707. The van der Waals surface area contributed by atoms with E-state index in [0.717, 1.165) is 0 Å². The largest absolute Gasteiger partial charge is 0.468 e. The molecule has 3 rings (SSSR count). The molecule has 0 atom stereocenters. The Kier molecular flexibility index (Phi) is 5.51. The van der Waals surface area contributed by atoms with Gasteiger partial charge in [-0.2, -0.15) is 26.3 Å². The third-order valence-electron chi connectivity index (χ3n) is 5.34. The van der Waals surface area contributed by atoms with Crippen LogP contribution in [-0.4, -0.2) is 29.9 Å². The molecule has 28 heavy (non-hydrogen) atoms. The number of nitrogens with one attached hydrogen (secondary N) is 1. The smallest absolute Gasteiger partial charge is 0.422 e. The second-order valence-corrected chi connectivity index (χ2v) is 7.45. The van der Waals surface area contributed by atoms with Crippen LogP contribution in [0.25, 0.3) is 0 Å². The number of carbonyl (C=O) groups is 1. The van der Waals surface area contributed by atoms with Crippen molar-refractivity contribution in [3.8, 4) is 5.88 Å². The number of carbonyl (C=O) groups excluding carboxylic acids is 1. The lowest BCUT2D eigenvalue weighted by atomic mass is 9.81. The van der Waals surface area contributed by atoms with E-state index in [-0.39, 0.29) is 37.5 Å². The Morgan fingerprint density at radius 1 is 1.14 bits per heavy atom. The summed E-state index contributed by atoms with van der Waals surface area (Å²) in [5, 5.41) is 2.88. The van der Waals surface area contributed by atoms with Crippen LogP contribution in [0.4, 0.5) is 26.3 Å². The Hall–Kier alpha value is -2.00. The van der Waals surface area contributed by atoms with Crippen molar-refractivity contribution >= 4 is 5.91 Å². The quantitative estimate of drug-likeness (QED) is 0.728. The summed E-state index contributed by atoms with van der Waals surface area (Å²) in [5.74, 6) is -2.35. The van der Waals surface area contributed by atoms with Crippen molar-refractivity contribution < 1.29 is 35.9 Å². The minimum Gasteiger partial charge on any atom is -0.468 e. The number of hydrogen-bond donors (Lipinski definition) is 1. The van der Waals surface area contributed by atoms with Gasteiger partial charge in [-0.15, -0.1) is 0 Å². The van der Waals surface area contributed by atoms with E-state index in [0.29, 0.717) is 18.4 Å². The zero-order chi connectivity index (χ0) is 20.6. The molecule has 2 saturated carbocycles. The number of nitrogens with zero attached hydrogens (tertiary/aromatic N) is 1. The van der Waals surface area contributed by atoms with Crippen molar-refractivity contribution in [1.82, 2.24) is 10.3 Å². The highest BCUT2D eigenvalue weighted by molar-refractivity contribution is 5.80. The summed E-state index contributed by atoms with van der Waals surface area (Å²) in [7, 11) is 0. The predicted molar refractivity (Wildman–Crippen MR) is 86.3 cm³/mol. The second-order valence-electron chi connectivity index (χ2n) is 7.45. The normalized spacial score (nSPS) is 24.5. The number of hydrogen-bond acceptors (Lipinski definition) is 3. The number of halogens is 6. The average molecular weight is 410 g/mol. The molecule has 10 heteroatoms. The van der Waals surface area contributed by atoms with Gasteiger partial charge in [-0.25, -0.2) is 4.98 Å². The number of aromatic nitrogens is 1. The standard InChI is InChI=1S/C18H20F6N2O2/c19-17(20,21)10-28-14-9-13(5-8-25-14)16(6-7-16)26-15(27)11-1-3-12(4-2-11)18(22,23)24/h5,8-9,11-12H,1-4,6-7,10H2,(H,26,27). The molecule has 1 heterocycles. The maximum absolute atomic E-state index is 12.8. The summed E-state index contributed by atoms with van der Waals surface area (Å²) in [6, 6.07) is 2.95. The Labute approximate surface area is 157 Å². The average Bonchev–Trinajstić information content (AvgIpc) is 3.40. The first-order valence-electron chi connectivity index (χ1n) is 9.03. The molecule has 0 unspecified atom stereocenters. The SMILES string of the molecule is O=C(NC1(c2ccnc(OCC(F)(F)F)c2)CC1)C1CCC(C(F)(F)F)CC1. The van der Waals surface area contributed by atoms with E-state index in [2.05, 4.69) is 15.0 Å². The summed E-state index contributed by atoms with van der Waals surface area (Å²) in [6.45, 7) is -1.47. The van der Waals surface area contributed by atoms with E-state index in [1.54, 1.807) is 6.07 Å². The summed E-state index contributed by atoms with van der Waals surface area (Å²) in [4.78, 5) is 16.3. The predicted octanol–water partition coefficient (Wildman–Crippen LogP) is 4.50. The maximum Gasteiger partial charge on any atom is 0.422 e. The fraction of sp³-hybridized carbons (Fsp3) is 0.667. The van der Waals surface area contributed by atoms with Crippen molar-refractivity contribution in [2.75, 3.05) is 6.61 Å². The fourth-order valence-electron chi connectivity index (χ4n) is 3.57. The van der Waals surface area contributed by atoms with Crippen molar-refractivity contribution in [1.29, 1.82) is 0 Å². The molecule has 0 bridgehead atoms. The summed E-state index contributed by atoms with van der Waals surface area (Å²) in [5.41, 5.74) is -0.131. The van der Waals surface area contributed by atoms with Crippen LogP contribution in [0.2, 0.25) is 0 Å². The van der Waals surface area contributed by atoms with Crippen LogP contribution >= 0.6 is 0 Å². The molecule has 0 aliphatic heterocycles. The van der Waals surface area contributed by atoms with E-state index < -0.39 is 36.3 Å². The van der Waals surface area contributed by atoms with Crippen LogP contribution in [0, 0.1) is 11.8 Å². The Morgan fingerprint density at radius 3 is 2.32 bits per heavy atom. The molecule has 156 valence electrons. The van der Waals surface area contributed by atoms with Crippen LogP contribution in [0.5, 0.6) is 5.88 Å². The van der Waals surface area contributed by atoms with Gasteiger partial charge in [-0.05, 0) is 50.2 Å². The molecule has 2 aliphatic rings. The molecule has 1 N–H and O–H groups in total. The minimum absolute atomic E-state index is 0.0702. The van der Waals surface area contributed by atoms with Crippen molar-refractivity contribution in [2.45, 2.75) is 56.4 Å². The van der Waals surface area contributed by atoms with Crippen LogP contribution < -0.4 is 10.1 Å². The van der Waals surface area contributed by atoms with Gasteiger partial charge in [0.15, 0.2) is 6.61 Å². The van der Waals surface area contributed by atoms with Crippen LogP contribution in [-0.2, 0) is 10.3 Å². The third kappa shape index (κ3) is 5.08. The van der Waals surface area contributed by atoms with Crippen molar-refractivity contribution in [3.05, 3.63) is 23.9 Å². The lowest BCUT2D eigenvalue weighted by molar-refractivity contribution is -0.184. The van der Waals surface area contributed by atoms with Gasteiger partial charge in [-0.3, -0.25) is 4.79 Å². The lowest BCUT2D eigenvalue weighted by Crippen LogP contribution is -2.41. The lowest BCUT2D eigenvalue weighted by Gasteiger charge is -2.30. The van der Waals surface area contributed by atoms with Gasteiger partial charge in [-0.1, -0.05) is 0 Å². The first-order chi connectivity index (χ1) is 13.0. The number of ether oxygens (including phenoxy) is 1. The molecule has 0 saturated heterocycles. The van der Waals surface area contributed by atoms with E-state index in [1.807, 2.05) is 0 Å². The molecule has 2 fully saturated rings. The van der Waals surface area contributed by atoms with Crippen molar-refractivity contribution in [3.63, 3.8) is 0 Å². The zero-order valence-electron chi connectivity index (χ0n) is 14.9. The van der Waals surface area contributed by atoms with Crippen LogP contribution in [0.3, 0.4) is 0 Å². The molecule has 1 aromatic rings. The minimum atomic E-state index is -4.49. The number of pyridine rings is 1. The molecule has 1 aromatic heterocycles. The van der Waals surface area contributed by atoms with Gasteiger partial charge in [0.05, 0.1) is 11.5 Å². The molecule has 1 amide bonds. The van der Waals surface area contributed by atoms with Gasteiger partial charge in [0, 0.05) is 18.2 Å². The van der Waals surface area contributed by atoms with Gasteiger partial charge in [0.1, 0.15) is 0 Å². The molecule has 2 aliphatic carbocycles. The molecule has 0 aromatic carbocycles. The molecule has 0 spiro atoms. The van der Waals surface area contributed by atoms with Gasteiger partial charge >= 0.3 is 12.4 Å². The highest BCUT2D eigenvalue weighted by Gasteiger charge is 2.48. The highest BCUT2D eigenvalue weighted by atomic mass is 19.4. The molecular formula is C18H20F6N2O2. The summed E-state index contributed by atoms with van der Waals surface area (Å²) < 4.78 is 79.8. The first-order valence-corrected chi connectivity index (χ1v) is 9.03.